The first-order chi connectivity index (χ1) is 12.1. The number of rotatable bonds is 10. The van der Waals surface area contributed by atoms with E-state index in [0.717, 1.165) is 38.9 Å². The first-order valence-corrected chi connectivity index (χ1v) is 9.20. The van der Waals surface area contributed by atoms with Gasteiger partial charge in [-0.05, 0) is 44.3 Å². The summed E-state index contributed by atoms with van der Waals surface area (Å²) in [5.74, 6) is -0.174. The van der Waals surface area contributed by atoms with Crippen LogP contribution in [-0.4, -0.2) is 73.2 Å². The third-order valence-corrected chi connectivity index (χ3v) is 4.72. The van der Waals surface area contributed by atoms with E-state index in [1.165, 1.54) is 12.2 Å². The fraction of sp³-hybridized carbons (Fsp3) is 0.684. The molecular weight excluding hydrogens is 320 g/mol. The molecule has 140 valence electrons. The molecule has 0 spiro atoms. The third kappa shape index (κ3) is 6.29. The molecule has 0 aromatic carbocycles. The second kappa shape index (κ2) is 10.4. The number of ether oxygens (including phenoxy) is 2. The molecule has 2 amide bonds. The van der Waals surface area contributed by atoms with Gasteiger partial charge in [-0.2, -0.15) is 0 Å². The van der Waals surface area contributed by atoms with Crippen molar-refractivity contribution in [3.63, 3.8) is 0 Å². The summed E-state index contributed by atoms with van der Waals surface area (Å²) in [6, 6.07) is 0. The van der Waals surface area contributed by atoms with E-state index in [2.05, 4.69) is 13.2 Å². The average Bonchev–Trinajstić information content (AvgIpc) is 3.32. The maximum Gasteiger partial charge on any atom is 0.246 e. The molecule has 0 saturated carbocycles. The van der Waals surface area contributed by atoms with Crippen LogP contribution >= 0.6 is 0 Å². The van der Waals surface area contributed by atoms with Gasteiger partial charge < -0.3 is 19.3 Å². The van der Waals surface area contributed by atoms with Gasteiger partial charge in [0.15, 0.2) is 0 Å². The van der Waals surface area contributed by atoms with Crippen LogP contribution in [0.15, 0.2) is 25.3 Å². The van der Waals surface area contributed by atoms with Crippen LogP contribution in [0.25, 0.3) is 0 Å². The molecule has 0 N–H and O–H groups in total. The number of hydrogen-bond donors (Lipinski definition) is 0. The Kier molecular flexibility index (Phi) is 8.15. The predicted molar refractivity (Wildman–Crippen MR) is 96.1 cm³/mol. The quantitative estimate of drug-likeness (QED) is 0.564. The van der Waals surface area contributed by atoms with Crippen molar-refractivity contribution in [3.8, 4) is 0 Å². The normalized spacial score (nSPS) is 22.6. The molecule has 2 aliphatic rings. The SMILES string of the molecule is C=CC(=O)N(CCCN(CC1CCCO1)C(=O)C=C)CC1CCCO1. The topological polar surface area (TPSA) is 59.1 Å². The van der Waals surface area contributed by atoms with Crippen molar-refractivity contribution >= 4 is 11.8 Å². The Bertz CT molecular complexity index is 426. The molecule has 0 aromatic rings. The van der Waals surface area contributed by atoms with E-state index in [1.807, 2.05) is 0 Å². The lowest BCUT2D eigenvalue weighted by molar-refractivity contribution is -0.128. The number of nitrogens with zero attached hydrogens (tertiary/aromatic N) is 2. The van der Waals surface area contributed by atoms with E-state index in [4.69, 9.17) is 9.47 Å². The van der Waals surface area contributed by atoms with Crippen LogP contribution in [0.5, 0.6) is 0 Å². The van der Waals surface area contributed by atoms with Gasteiger partial charge in [-0.15, -0.1) is 0 Å². The zero-order valence-corrected chi connectivity index (χ0v) is 15.0. The molecule has 0 radical (unpaired) electrons. The number of carbonyl (C=O) groups excluding carboxylic acids is 2. The summed E-state index contributed by atoms with van der Waals surface area (Å²) in [5, 5.41) is 0. The van der Waals surface area contributed by atoms with E-state index in [-0.39, 0.29) is 24.0 Å². The molecule has 2 fully saturated rings. The van der Waals surface area contributed by atoms with Gasteiger partial charge in [-0.1, -0.05) is 13.2 Å². The highest BCUT2D eigenvalue weighted by Gasteiger charge is 2.23. The second-order valence-corrected chi connectivity index (χ2v) is 6.60. The zero-order chi connectivity index (χ0) is 18.1. The molecule has 0 aliphatic carbocycles. The minimum Gasteiger partial charge on any atom is -0.376 e. The molecule has 2 saturated heterocycles. The van der Waals surface area contributed by atoms with Crippen molar-refractivity contribution in [1.29, 1.82) is 0 Å². The van der Waals surface area contributed by atoms with Crippen molar-refractivity contribution < 1.29 is 19.1 Å². The summed E-state index contributed by atoms with van der Waals surface area (Å²) >= 11 is 0. The van der Waals surface area contributed by atoms with Crippen molar-refractivity contribution in [1.82, 2.24) is 9.80 Å². The minimum atomic E-state index is -0.0868. The lowest BCUT2D eigenvalue weighted by atomic mass is 10.2. The standard InChI is InChI=1S/C19H30N2O4/c1-3-18(22)20(14-16-8-5-12-24-16)10-7-11-21(19(23)4-2)15-17-9-6-13-25-17/h3-4,16-17H,1-2,5-15H2. The smallest absolute Gasteiger partial charge is 0.246 e. The van der Waals surface area contributed by atoms with Crippen LogP contribution in [0.2, 0.25) is 0 Å². The van der Waals surface area contributed by atoms with Crippen LogP contribution < -0.4 is 0 Å². The Morgan fingerprint density at radius 1 is 0.880 bits per heavy atom. The van der Waals surface area contributed by atoms with E-state index in [0.29, 0.717) is 32.6 Å². The maximum absolute atomic E-state index is 12.1. The minimum absolute atomic E-state index is 0.0868. The van der Waals surface area contributed by atoms with Gasteiger partial charge in [0.05, 0.1) is 12.2 Å². The molecular formula is C19H30N2O4. The number of carbonyl (C=O) groups is 2. The Balaban J connectivity index is 1.83. The molecule has 2 atom stereocenters. The summed E-state index contributed by atoms with van der Waals surface area (Å²) in [6.45, 7) is 11.0. The molecule has 2 rings (SSSR count). The fourth-order valence-corrected chi connectivity index (χ4v) is 3.36. The maximum atomic E-state index is 12.1. The van der Waals surface area contributed by atoms with E-state index in [1.54, 1.807) is 9.80 Å². The number of amides is 2. The van der Waals surface area contributed by atoms with Gasteiger partial charge in [0.2, 0.25) is 11.8 Å². The Labute approximate surface area is 150 Å². The van der Waals surface area contributed by atoms with Gasteiger partial charge in [0.25, 0.3) is 0 Å². The lowest BCUT2D eigenvalue weighted by Crippen LogP contribution is -2.40. The highest BCUT2D eigenvalue weighted by molar-refractivity contribution is 5.87. The lowest BCUT2D eigenvalue weighted by Gasteiger charge is -2.27. The molecule has 0 bridgehead atoms. The van der Waals surface area contributed by atoms with Crippen LogP contribution in [-0.2, 0) is 19.1 Å². The van der Waals surface area contributed by atoms with Gasteiger partial charge >= 0.3 is 0 Å². The van der Waals surface area contributed by atoms with Crippen LogP contribution in [0, 0.1) is 0 Å². The van der Waals surface area contributed by atoms with Crippen LogP contribution in [0.4, 0.5) is 0 Å². The van der Waals surface area contributed by atoms with Crippen molar-refractivity contribution in [2.75, 3.05) is 39.4 Å². The Morgan fingerprint density at radius 2 is 1.32 bits per heavy atom. The van der Waals surface area contributed by atoms with Gasteiger partial charge in [0.1, 0.15) is 0 Å². The van der Waals surface area contributed by atoms with Gasteiger partial charge in [0, 0.05) is 39.4 Å². The molecule has 6 nitrogen and oxygen atoms in total. The highest BCUT2D eigenvalue weighted by Crippen LogP contribution is 2.15. The van der Waals surface area contributed by atoms with Crippen molar-refractivity contribution in [2.45, 2.75) is 44.3 Å². The van der Waals surface area contributed by atoms with Gasteiger partial charge in [-0.3, -0.25) is 9.59 Å². The van der Waals surface area contributed by atoms with E-state index < -0.39 is 0 Å². The summed E-state index contributed by atoms with van der Waals surface area (Å²) in [4.78, 5) is 27.7. The van der Waals surface area contributed by atoms with Crippen LogP contribution in [0.1, 0.15) is 32.1 Å². The average molecular weight is 350 g/mol. The first-order valence-electron chi connectivity index (χ1n) is 9.20. The molecule has 2 heterocycles. The Morgan fingerprint density at radius 3 is 1.64 bits per heavy atom. The van der Waals surface area contributed by atoms with Crippen LogP contribution in [0.3, 0.4) is 0 Å². The molecule has 25 heavy (non-hydrogen) atoms. The van der Waals surface area contributed by atoms with Crippen molar-refractivity contribution in [3.05, 3.63) is 25.3 Å². The highest BCUT2D eigenvalue weighted by atomic mass is 16.5. The number of hydrogen-bond acceptors (Lipinski definition) is 4. The van der Waals surface area contributed by atoms with E-state index in [9.17, 15) is 9.59 Å². The zero-order valence-electron chi connectivity index (χ0n) is 15.0. The third-order valence-electron chi connectivity index (χ3n) is 4.72. The largest absolute Gasteiger partial charge is 0.376 e. The molecule has 0 aromatic heterocycles. The monoisotopic (exact) mass is 350 g/mol. The summed E-state index contributed by atoms with van der Waals surface area (Å²) < 4.78 is 11.3. The van der Waals surface area contributed by atoms with E-state index >= 15 is 0 Å². The molecule has 6 heteroatoms. The summed E-state index contributed by atoms with van der Waals surface area (Å²) in [6.07, 6.45) is 7.68. The molecule has 2 unspecified atom stereocenters. The first kappa shape index (κ1) is 19.7. The van der Waals surface area contributed by atoms with Gasteiger partial charge in [-0.25, -0.2) is 0 Å². The fourth-order valence-electron chi connectivity index (χ4n) is 3.36. The Hall–Kier alpha value is -1.66. The molecule has 2 aliphatic heterocycles. The predicted octanol–water partition coefficient (Wildman–Crippen LogP) is 1.76. The van der Waals surface area contributed by atoms with Crippen molar-refractivity contribution in [2.24, 2.45) is 0 Å². The summed E-state index contributed by atoms with van der Waals surface area (Å²) in [5.41, 5.74) is 0. The summed E-state index contributed by atoms with van der Waals surface area (Å²) in [7, 11) is 0. The second-order valence-electron chi connectivity index (χ2n) is 6.60.